The largest absolute Gasteiger partial charge is 0.348 e. The predicted molar refractivity (Wildman–Crippen MR) is 55.8 cm³/mol. The summed E-state index contributed by atoms with van der Waals surface area (Å²) in [4.78, 5) is 4.66. The molecule has 1 unspecified atom stereocenters. The fourth-order valence-electron chi connectivity index (χ4n) is 1.46. The molecule has 2 aromatic heterocycles. The Kier molecular flexibility index (Phi) is 1.85. The van der Waals surface area contributed by atoms with Gasteiger partial charge in [-0.2, -0.15) is 0 Å². The van der Waals surface area contributed by atoms with Crippen molar-refractivity contribution in [3.8, 4) is 0 Å². The predicted octanol–water partition coefficient (Wildman–Crippen LogP) is 1.61. The summed E-state index contributed by atoms with van der Waals surface area (Å²) in [6.07, 6.45) is 4.78. The summed E-state index contributed by atoms with van der Waals surface area (Å²) in [6.45, 7) is 0. The van der Waals surface area contributed by atoms with Gasteiger partial charge >= 0.3 is 0 Å². The zero-order valence-corrected chi connectivity index (χ0v) is 8.84. The molecular weight excluding hydrogens is 198 g/mol. The van der Waals surface area contributed by atoms with Crippen LogP contribution in [0.2, 0.25) is 0 Å². The number of nitrogens with one attached hydrogen (secondary N) is 1. The normalized spacial score (nSPS) is 15.6. The van der Waals surface area contributed by atoms with Gasteiger partial charge < -0.3 is 4.57 Å². The molecule has 0 spiro atoms. The first-order valence-corrected chi connectivity index (χ1v) is 6.10. The molecule has 0 bridgehead atoms. The Labute approximate surface area is 82.6 Å². The SMILES string of the molecule is Cn1cc(S(C)(=N)=O)c2ncccc21. The molecule has 0 aliphatic carbocycles. The minimum atomic E-state index is -2.69. The van der Waals surface area contributed by atoms with Crippen molar-refractivity contribution in [1.82, 2.24) is 9.55 Å². The second-order valence-electron chi connectivity index (χ2n) is 3.32. The highest BCUT2D eigenvalue weighted by molar-refractivity contribution is 7.92. The summed E-state index contributed by atoms with van der Waals surface area (Å²) in [7, 11) is -0.832. The summed E-state index contributed by atoms with van der Waals surface area (Å²) in [5.41, 5.74) is 1.57. The third-order valence-corrected chi connectivity index (χ3v) is 3.27. The molecule has 0 amide bonds. The Hall–Kier alpha value is -1.36. The van der Waals surface area contributed by atoms with E-state index in [-0.39, 0.29) is 0 Å². The van der Waals surface area contributed by atoms with Crippen LogP contribution in [0.25, 0.3) is 11.0 Å². The number of hydrogen-bond acceptors (Lipinski definition) is 3. The van der Waals surface area contributed by atoms with Gasteiger partial charge in [0.2, 0.25) is 0 Å². The van der Waals surface area contributed by atoms with Crippen molar-refractivity contribution in [2.75, 3.05) is 6.26 Å². The summed E-state index contributed by atoms with van der Waals surface area (Å²) < 4.78 is 21.0. The molecule has 2 rings (SSSR count). The van der Waals surface area contributed by atoms with Crippen LogP contribution in [0.1, 0.15) is 0 Å². The fraction of sp³-hybridized carbons (Fsp3) is 0.222. The molecule has 0 fully saturated rings. The lowest BCUT2D eigenvalue weighted by Gasteiger charge is -1.95. The third-order valence-electron chi connectivity index (χ3n) is 2.13. The van der Waals surface area contributed by atoms with E-state index in [0.717, 1.165) is 5.52 Å². The van der Waals surface area contributed by atoms with Crippen molar-refractivity contribution >= 4 is 20.8 Å². The lowest BCUT2D eigenvalue weighted by atomic mass is 10.4. The van der Waals surface area contributed by atoms with Crippen LogP contribution in [0.15, 0.2) is 29.4 Å². The summed E-state index contributed by atoms with van der Waals surface area (Å²) in [5, 5.41) is 0. The van der Waals surface area contributed by atoms with Crippen molar-refractivity contribution in [1.29, 1.82) is 4.78 Å². The molecule has 1 N–H and O–H groups in total. The second-order valence-corrected chi connectivity index (χ2v) is 5.45. The van der Waals surface area contributed by atoms with Crippen molar-refractivity contribution < 1.29 is 4.21 Å². The van der Waals surface area contributed by atoms with Crippen molar-refractivity contribution in [3.05, 3.63) is 24.5 Å². The first-order chi connectivity index (χ1) is 6.50. The first-order valence-electron chi connectivity index (χ1n) is 4.14. The Morgan fingerprint density at radius 3 is 2.93 bits per heavy atom. The molecule has 0 aliphatic rings. The minimum Gasteiger partial charge on any atom is -0.348 e. The highest BCUT2D eigenvalue weighted by atomic mass is 32.2. The van der Waals surface area contributed by atoms with E-state index >= 15 is 0 Å². The van der Waals surface area contributed by atoms with Crippen molar-refractivity contribution in [2.45, 2.75) is 4.90 Å². The molecule has 5 heteroatoms. The lowest BCUT2D eigenvalue weighted by molar-refractivity contribution is 0.679. The van der Waals surface area contributed by atoms with E-state index in [1.165, 1.54) is 6.26 Å². The Morgan fingerprint density at radius 2 is 2.29 bits per heavy atom. The van der Waals surface area contributed by atoms with Gasteiger partial charge in [-0.1, -0.05) is 0 Å². The minimum absolute atomic E-state index is 0.510. The van der Waals surface area contributed by atoms with Gasteiger partial charge in [-0.05, 0) is 12.1 Å². The second kappa shape index (κ2) is 2.81. The number of aromatic nitrogens is 2. The summed E-state index contributed by atoms with van der Waals surface area (Å²) in [5.74, 6) is 0. The van der Waals surface area contributed by atoms with Gasteiger partial charge in [0.05, 0.1) is 20.1 Å². The standard InChI is InChI=1S/C9H11N3OS/c1-12-6-8(14(2,10)13)9-7(12)4-3-5-11-9/h3-6,10H,1-2H3. The monoisotopic (exact) mass is 209 g/mol. The summed E-state index contributed by atoms with van der Waals surface area (Å²) >= 11 is 0. The molecule has 74 valence electrons. The molecule has 0 saturated carbocycles. The van der Waals surface area contributed by atoms with Crippen LogP contribution >= 0.6 is 0 Å². The molecule has 0 radical (unpaired) electrons. The maximum atomic E-state index is 11.6. The van der Waals surface area contributed by atoms with Crippen LogP contribution in [-0.4, -0.2) is 20.0 Å². The average Bonchev–Trinajstić information content (AvgIpc) is 2.44. The smallest absolute Gasteiger partial charge is 0.105 e. The summed E-state index contributed by atoms with van der Waals surface area (Å²) in [6, 6.07) is 3.73. The van der Waals surface area contributed by atoms with Gasteiger partial charge in [0.15, 0.2) is 0 Å². The van der Waals surface area contributed by atoms with Crippen LogP contribution in [0.3, 0.4) is 0 Å². The maximum Gasteiger partial charge on any atom is 0.105 e. The Morgan fingerprint density at radius 1 is 1.57 bits per heavy atom. The van der Waals surface area contributed by atoms with E-state index in [1.807, 2.05) is 23.7 Å². The molecule has 0 aliphatic heterocycles. The van der Waals surface area contributed by atoms with Crippen LogP contribution in [-0.2, 0) is 16.8 Å². The van der Waals surface area contributed by atoms with Crippen LogP contribution in [0.4, 0.5) is 0 Å². The molecule has 14 heavy (non-hydrogen) atoms. The highest BCUT2D eigenvalue weighted by Crippen LogP contribution is 2.22. The Balaban J connectivity index is 2.93. The van der Waals surface area contributed by atoms with Crippen LogP contribution in [0.5, 0.6) is 0 Å². The van der Waals surface area contributed by atoms with Gasteiger partial charge in [-0.3, -0.25) is 4.98 Å². The van der Waals surface area contributed by atoms with Crippen molar-refractivity contribution in [3.63, 3.8) is 0 Å². The van der Waals surface area contributed by atoms with E-state index in [4.69, 9.17) is 4.78 Å². The molecular formula is C9H11N3OS. The molecule has 2 aromatic rings. The van der Waals surface area contributed by atoms with E-state index in [9.17, 15) is 4.21 Å². The van der Waals surface area contributed by atoms with E-state index in [0.29, 0.717) is 10.4 Å². The number of pyridine rings is 1. The number of rotatable bonds is 1. The number of hydrogen-bond donors (Lipinski definition) is 1. The molecule has 1 atom stereocenters. The first kappa shape index (κ1) is 9.21. The lowest BCUT2D eigenvalue weighted by Crippen LogP contribution is -1.93. The van der Waals surface area contributed by atoms with E-state index < -0.39 is 9.73 Å². The molecule has 0 aromatic carbocycles. The zero-order chi connectivity index (χ0) is 10.3. The number of fused-ring (bicyclic) bond motifs is 1. The maximum absolute atomic E-state index is 11.6. The quantitative estimate of drug-likeness (QED) is 0.775. The zero-order valence-electron chi connectivity index (χ0n) is 8.02. The molecule has 0 saturated heterocycles. The highest BCUT2D eigenvalue weighted by Gasteiger charge is 2.13. The molecule has 4 nitrogen and oxygen atoms in total. The number of nitrogens with zero attached hydrogens (tertiary/aromatic N) is 2. The van der Waals surface area contributed by atoms with Crippen molar-refractivity contribution in [2.24, 2.45) is 7.05 Å². The number of aryl methyl sites for hydroxylation is 1. The van der Waals surface area contributed by atoms with Gasteiger partial charge in [0.25, 0.3) is 0 Å². The van der Waals surface area contributed by atoms with Gasteiger partial charge in [0.1, 0.15) is 5.52 Å². The third kappa shape index (κ3) is 1.29. The van der Waals surface area contributed by atoms with E-state index in [2.05, 4.69) is 4.98 Å². The van der Waals surface area contributed by atoms with Gasteiger partial charge in [-0.25, -0.2) is 8.99 Å². The van der Waals surface area contributed by atoms with Gasteiger partial charge in [-0.15, -0.1) is 0 Å². The van der Waals surface area contributed by atoms with Gasteiger partial charge in [0, 0.05) is 25.7 Å². The molecule has 2 heterocycles. The van der Waals surface area contributed by atoms with Crippen LogP contribution < -0.4 is 0 Å². The van der Waals surface area contributed by atoms with Crippen LogP contribution in [0, 0.1) is 4.78 Å². The topological polar surface area (TPSA) is 58.7 Å². The average molecular weight is 209 g/mol. The Bertz CT molecular complexity index is 583. The van der Waals surface area contributed by atoms with E-state index in [1.54, 1.807) is 12.4 Å². The fourth-order valence-corrected chi connectivity index (χ4v) is 2.35.